The van der Waals surface area contributed by atoms with Crippen LogP contribution in [0.5, 0.6) is 0 Å². The molecule has 4 aliphatic heterocycles. The monoisotopic (exact) mass is 1550 g/mol. The number of ether oxygens (including phenoxy) is 6. The van der Waals surface area contributed by atoms with Crippen LogP contribution in [0.2, 0.25) is 0 Å². The molecule has 4 aromatic carbocycles. The third kappa shape index (κ3) is 51.8. The summed E-state index contributed by atoms with van der Waals surface area (Å²) in [6, 6.07) is 22.0. The fraction of sp³-hybridized carbons (Fsp3) is 0.673. The third-order valence-corrected chi connectivity index (χ3v) is 21.4. The number of hydrogen-bond acceptors (Lipinski definition) is 6. The van der Waals surface area contributed by atoms with Gasteiger partial charge in [-0.2, -0.15) is 0 Å². The lowest BCUT2D eigenvalue weighted by molar-refractivity contribution is -0.187. The lowest BCUT2D eigenvalue weighted by Gasteiger charge is -2.24. The molecule has 9 aliphatic rings. The molecule has 5 fully saturated rings. The highest BCUT2D eigenvalue weighted by Gasteiger charge is 2.19. The average Bonchev–Trinajstić information content (AvgIpc) is 0.827. The first kappa shape index (κ1) is 103. The van der Waals surface area contributed by atoms with E-state index in [9.17, 15) is 26.3 Å². The Balaban J connectivity index is 0.000000596. The lowest BCUT2D eigenvalue weighted by atomic mass is 9.84. The average molecular weight is 1550 g/mol. The second-order valence-electron chi connectivity index (χ2n) is 34.6. The van der Waals surface area contributed by atoms with Gasteiger partial charge in [0.15, 0.2) is 24.2 Å². The Morgan fingerprint density at radius 3 is 0.755 bits per heavy atom. The van der Waals surface area contributed by atoms with Crippen molar-refractivity contribution in [3.05, 3.63) is 187 Å². The van der Waals surface area contributed by atoms with Gasteiger partial charge in [0.2, 0.25) is 0 Å². The highest BCUT2D eigenvalue weighted by atomic mass is 19.2. The summed E-state index contributed by atoms with van der Waals surface area (Å²) in [7, 11) is 0. The minimum Gasteiger partial charge on any atom is -0.378 e. The van der Waals surface area contributed by atoms with E-state index in [-0.39, 0.29) is 35.9 Å². The highest BCUT2D eigenvalue weighted by molar-refractivity contribution is 5.25. The van der Waals surface area contributed by atoms with Crippen LogP contribution in [0.4, 0.5) is 26.3 Å². The van der Waals surface area contributed by atoms with Gasteiger partial charge in [-0.1, -0.05) is 190 Å². The van der Waals surface area contributed by atoms with Crippen molar-refractivity contribution in [3.8, 4) is 0 Å². The predicted octanol–water partition coefficient (Wildman–Crippen LogP) is 29.9. The smallest absolute Gasteiger partial charge is 0.161 e. The summed E-state index contributed by atoms with van der Waals surface area (Å²) in [5, 5.41) is 0. The maximum absolute atomic E-state index is 12.7. The predicted molar refractivity (Wildman–Crippen MR) is 456 cm³/mol. The summed E-state index contributed by atoms with van der Waals surface area (Å²) >= 11 is 0. The molecule has 0 amide bonds. The molecule has 5 aliphatic carbocycles. The van der Waals surface area contributed by atoms with Crippen molar-refractivity contribution < 1.29 is 54.8 Å². The molecule has 0 spiro atoms. The van der Waals surface area contributed by atoms with Gasteiger partial charge in [-0.25, -0.2) is 26.3 Å². The molecule has 0 radical (unpaired) electrons. The molecule has 1 saturated carbocycles. The van der Waals surface area contributed by atoms with Crippen LogP contribution in [-0.4, -0.2) is 64.4 Å². The molecule has 628 valence electrons. The Morgan fingerprint density at radius 2 is 0.536 bits per heavy atom. The fourth-order valence-corrected chi connectivity index (χ4v) is 12.2. The maximum Gasteiger partial charge on any atom is 0.161 e. The van der Waals surface area contributed by atoms with E-state index in [1.54, 1.807) is 49.3 Å². The topological polar surface area (TPSA) is 55.4 Å². The molecular formula is C98H158F6O6. The number of benzene rings is 4. The molecule has 0 aromatic heterocycles. The van der Waals surface area contributed by atoms with Gasteiger partial charge in [0, 0.05) is 37.9 Å². The summed E-state index contributed by atoms with van der Waals surface area (Å²) in [5.41, 5.74) is 11.8. The first-order valence-electron chi connectivity index (χ1n) is 42.3. The SMILES string of the molecule is CC1=C(F)CC(C)CC1.CC1=C(F)CC(C)CC1.CC1=CCC(C)CC1.CC1=CCC(C)CC1.CC1CCC(C)CC1.CC1CCC(C)OC1.CC1CCC(C)OC1.CC1COC(C)OC1.CC1COC(C)OC1.Cc1ccc(C)c(F)c1.Cc1ccc(C)c(F)c1.Cc1ccc(C)c(F)c1F.Cc1ccc(C)cc1. The summed E-state index contributed by atoms with van der Waals surface area (Å²) < 4.78 is 107. The zero-order valence-electron chi connectivity index (χ0n) is 74.3. The van der Waals surface area contributed by atoms with Crippen molar-refractivity contribution >= 4 is 0 Å². The van der Waals surface area contributed by atoms with Crippen LogP contribution in [0.1, 0.15) is 298 Å². The van der Waals surface area contributed by atoms with Crippen molar-refractivity contribution in [2.24, 2.45) is 59.2 Å². The second-order valence-corrected chi connectivity index (χ2v) is 34.6. The van der Waals surface area contributed by atoms with Gasteiger partial charge in [0.1, 0.15) is 11.6 Å². The largest absolute Gasteiger partial charge is 0.378 e. The van der Waals surface area contributed by atoms with Crippen molar-refractivity contribution in [2.45, 2.75) is 333 Å². The summed E-state index contributed by atoms with van der Waals surface area (Å²) in [6.45, 7) is 58.6. The van der Waals surface area contributed by atoms with Crippen LogP contribution < -0.4 is 0 Å². The van der Waals surface area contributed by atoms with Crippen LogP contribution in [0.15, 0.2) is 119 Å². The first-order valence-corrected chi connectivity index (χ1v) is 42.3. The van der Waals surface area contributed by atoms with E-state index in [1.807, 2.05) is 53.7 Å². The summed E-state index contributed by atoms with van der Waals surface area (Å²) in [4.78, 5) is 0. The number of rotatable bonds is 0. The summed E-state index contributed by atoms with van der Waals surface area (Å²) in [5.74, 6) is 6.36. The lowest BCUT2D eigenvalue weighted by Crippen LogP contribution is -2.27. The molecule has 0 N–H and O–H groups in total. The molecule has 0 bridgehead atoms. The van der Waals surface area contributed by atoms with Gasteiger partial charge < -0.3 is 28.4 Å². The van der Waals surface area contributed by atoms with Gasteiger partial charge in [0.05, 0.1) is 50.3 Å². The van der Waals surface area contributed by atoms with E-state index in [0.717, 1.165) is 110 Å². The van der Waals surface area contributed by atoms with E-state index in [1.165, 1.54) is 140 Å². The van der Waals surface area contributed by atoms with Crippen LogP contribution in [0.25, 0.3) is 0 Å². The molecule has 4 aromatic rings. The van der Waals surface area contributed by atoms with Crippen LogP contribution in [-0.2, 0) is 28.4 Å². The standard InChI is InChI=1S/C8H8F2.2C8H13F.2C8H9F.C8H16.2C8H14.C8H10.2C7H14O.2C6H12O2/c1-5-3-4-6(2)8(10)7(5)9;4*1-6-3-4-7(2)8(9)5-6;4*1-7-3-5-8(2)6-4-7;2*1-6-3-4-7(2)8-5-6;2*1-5-3-7-6(2)8-4-5/h3-4H,1-2H3;2*6H,3-5H2,1-2H3;2*3-5H,1-2H3;7-8H,3-6H2,1-2H3;2*3,8H,4-6H2,1-2H3;3-6H,1-2H3;2*6-7H,3-5H2,1-2H3;2*5-6H,3-4H2,1-2H3. The fourth-order valence-electron chi connectivity index (χ4n) is 12.2. The van der Waals surface area contributed by atoms with Gasteiger partial charge in [0.25, 0.3) is 0 Å². The van der Waals surface area contributed by atoms with Gasteiger partial charge >= 0.3 is 0 Å². The molecule has 110 heavy (non-hydrogen) atoms. The van der Waals surface area contributed by atoms with Crippen LogP contribution in [0, 0.1) is 138 Å². The molecule has 13 rings (SSSR count). The molecule has 12 heteroatoms. The molecule has 4 heterocycles. The van der Waals surface area contributed by atoms with Crippen molar-refractivity contribution in [1.82, 2.24) is 0 Å². The van der Waals surface area contributed by atoms with Gasteiger partial charge in [-0.3, -0.25) is 0 Å². The van der Waals surface area contributed by atoms with Crippen LogP contribution >= 0.6 is 0 Å². The maximum atomic E-state index is 12.7. The van der Waals surface area contributed by atoms with Gasteiger partial charge in [-0.15, -0.1) is 0 Å². The van der Waals surface area contributed by atoms with Crippen molar-refractivity contribution in [3.63, 3.8) is 0 Å². The Kier molecular flexibility index (Phi) is 55.3. The number of allylic oxidation sites excluding steroid dienone is 8. The molecular weight excluding hydrogens is 1390 g/mol. The third-order valence-electron chi connectivity index (χ3n) is 21.4. The molecule has 6 nitrogen and oxygen atoms in total. The normalized spacial score (nSPS) is 26.7. The van der Waals surface area contributed by atoms with E-state index in [0.29, 0.717) is 71.0 Å². The number of aryl methyl sites for hydroxylation is 8. The highest BCUT2D eigenvalue weighted by Crippen LogP contribution is 2.31. The molecule has 8 unspecified atom stereocenters. The Labute approximate surface area is 670 Å². The Morgan fingerprint density at radius 1 is 0.264 bits per heavy atom. The number of halogens is 6. The van der Waals surface area contributed by atoms with Crippen molar-refractivity contribution in [1.29, 1.82) is 0 Å². The van der Waals surface area contributed by atoms with Crippen molar-refractivity contribution in [2.75, 3.05) is 39.6 Å². The van der Waals surface area contributed by atoms with E-state index >= 15 is 0 Å². The van der Waals surface area contributed by atoms with Crippen LogP contribution in [0.3, 0.4) is 0 Å². The molecule has 8 atom stereocenters. The zero-order chi connectivity index (χ0) is 83.0. The minimum atomic E-state index is -0.736. The van der Waals surface area contributed by atoms with E-state index in [4.69, 9.17) is 28.4 Å². The van der Waals surface area contributed by atoms with Gasteiger partial charge in [-0.05, 0) is 305 Å². The van der Waals surface area contributed by atoms with E-state index < -0.39 is 11.6 Å². The molecule has 4 saturated heterocycles. The Hall–Kier alpha value is -4.82. The minimum absolute atomic E-state index is 0.0196. The zero-order valence-corrected chi connectivity index (χ0v) is 74.3. The van der Waals surface area contributed by atoms with E-state index in [2.05, 4.69) is 147 Å². The first-order chi connectivity index (χ1) is 51.7. The quantitative estimate of drug-likeness (QED) is 0.129. The summed E-state index contributed by atoms with van der Waals surface area (Å²) in [6.07, 6.45) is 30.6. The second kappa shape index (κ2) is 58.9. The Bertz CT molecular complexity index is 2840. The number of hydrogen-bond donors (Lipinski definition) is 0.